The average molecular weight is 356 g/mol. The summed E-state index contributed by atoms with van der Waals surface area (Å²) in [4.78, 5) is 29.3. The van der Waals surface area contributed by atoms with Crippen LogP contribution in [0.4, 0.5) is 4.79 Å². The number of carbonyl (C=O) groups excluding carboxylic acids is 1. The number of rotatable bonds is 6. The first kappa shape index (κ1) is 19.4. The number of carbonyl (C=O) groups is 2. The number of aromatic nitrogens is 1. The van der Waals surface area contributed by atoms with Crippen molar-refractivity contribution in [3.05, 3.63) is 65.5 Å². The third-order valence-electron chi connectivity index (χ3n) is 3.60. The van der Waals surface area contributed by atoms with Crippen LogP contribution in [0.25, 0.3) is 0 Å². The minimum atomic E-state index is -0.956. The van der Waals surface area contributed by atoms with Gasteiger partial charge in [-0.05, 0) is 57.0 Å². The predicted octanol–water partition coefficient (Wildman–Crippen LogP) is 3.76. The zero-order chi connectivity index (χ0) is 19.2. The Morgan fingerprint density at radius 1 is 1.12 bits per heavy atom. The molecule has 0 spiro atoms. The van der Waals surface area contributed by atoms with E-state index in [0.29, 0.717) is 19.5 Å². The zero-order valence-corrected chi connectivity index (χ0v) is 15.3. The topological polar surface area (TPSA) is 79.7 Å². The van der Waals surface area contributed by atoms with Crippen molar-refractivity contribution >= 4 is 12.1 Å². The maximum Gasteiger partial charge on any atom is 0.410 e. The van der Waals surface area contributed by atoms with E-state index >= 15 is 0 Å². The van der Waals surface area contributed by atoms with Gasteiger partial charge in [-0.25, -0.2) is 9.59 Å². The standard InChI is InChI=1S/C20H24N2O4/c1-20(2,3)26-19(25)22(14-17-6-4-5-12-21-17)13-11-15-7-9-16(10-8-15)18(23)24/h4-10,12H,11,13-14H2,1-3H3,(H,23,24). The Morgan fingerprint density at radius 2 is 1.81 bits per heavy atom. The van der Waals surface area contributed by atoms with E-state index in [9.17, 15) is 9.59 Å². The van der Waals surface area contributed by atoms with E-state index in [1.54, 1.807) is 35.4 Å². The highest BCUT2D eigenvalue weighted by atomic mass is 16.6. The molecule has 0 saturated heterocycles. The van der Waals surface area contributed by atoms with Crippen molar-refractivity contribution in [2.45, 2.75) is 39.3 Å². The molecule has 0 bridgehead atoms. The number of hydrogen-bond acceptors (Lipinski definition) is 4. The molecule has 1 aromatic heterocycles. The van der Waals surface area contributed by atoms with Gasteiger partial charge in [0.05, 0.1) is 17.8 Å². The third-order valence-corrected chi connectivity index (χ3v) is 3.60. The van der Waals surface area contributed by atoms with E-state index in [0.717, 1.165) is 11.3 Å². The number of hydrogen-bond donors (Lipinski definition) is 1. The number of carboxylic acid groups (broad SMARTS) is 1. The first-order valence-electron chi connectivity index (χ1n) is 8.45. The highest BCUT2D eigenvalue weighted by Crippen LogP contribution is 2.13. The predicted molar refractivity (Wildman–Crippen MR) is 98.0 cm³/mol. The summed E-state index contributed by atoms with van der Waals surface area (Å²) < 4.78 is 5.49. The molecule has 1 aromatic carbocycles. The first-order chi connectivity index (χ1) is 12.2. The lowest BCUT2D eigenvalue weighted by Gasteiger charge is -2.27. The van der Waals surface area contributed by atoms with Gasteiger partial charge in [0.2, 0.25) is 0 Å². The van der Waals surface area contributed by atoms with Crippen molar-refractivity contribution in [3.63, 3.8) is 0 Å². The molecule has 26 heavy (non-hydrogen) atoms. The largest absolute Gasteiger partial charge is 0.478 e. The van der Waals surface area contributed by atoms with Crippen molar-refractivity contribution in [3.8, 4) is 0 Å². The van der Waals surface area contributed by atoms with E-state index in [-0.39, 0.29) is 5.56 Å². The third kappa shape index (κ3) is 6.20. The second-order valence-electron chi connectivity index (χ2n) is 6.98. The maximum atomic E-state index is 12.5. The molecular weight excluding hydrogens is 332 g/mol. The van der Waals surface area contributed by atoms with E-state index in [1.807, 2.05) is 39.0 Å². The molecule has 2 aromatic rings. The summed E-state index contributed by atoms with van der Waals surface area (Å²) in [5.74, 6) is -0.956. The van der Waals surface area contributed by atoms with Gasteiger partial charge in [0.25, 0.3) is 0 Å². The van der Waals surface area contributed by atoms with E-state index in [2.05, 4.69) is 4.98 Å². The Bertz CT molecular complexity index is 737. The van der Waals surface area contributed by atoms with E-state index in [4.69, 9.17) is 9.84 Å². The number of nitrogens with zero attached hydrogens (tertiary/aromatic N) is 2. The second-order valence-corrected chi connectivity index (χ2v) is 6.98. The fourth-order valence-corrected chi connectivity index (χ4v) is 2.33. The summed E-state index contributed by atoms with van der Waals surface area (Å²) in [5.41, 5.74) is 1.39. The molecule has 0 unspecified atom stereocenters. The van der Waals surface area contributed by atoms with Crippen LogP contribution in [0.15, 0.2) is 48.7 Å². The summed E-state index contributed by atoms with van der Waals surface area (Å²) in [6, 6.07) is 12.2. The molecule has 1 amide bonds. The fraction of sp³-hybridized carbons (Fsp3) is 0.350. The van der Waals surface area contributed by atoms with Gasteiger partial charge < -0.3 is 14.7 Å². The SMILES string of the molecule is CC(C)(C)OC(=O)N(CCc1ccc(C(=O)O)cc1)Cc1ccccn1. The van der Waals surface area contributed by atoms with Crippen LogP contribution < -0.4 is 0 Å². The van der Waals surface area contributed by atoms with Gasteiger partial charge in [0.1, 0.15) is 5.60 Å². The summed E-state index contributed by atoms with van der Waals surface area (Å²) in [6.07, 6.45) is 1.88. The maximum absolute atomic E-state index is 12.5. The molecular formula is C20H24N2O4. The average Bonchev–Trinajstić information content (AvgIpc) is 2.58. The Balaban J connectivity index is 2.07. The molecule has 1 heterocycles. The van der Waals surface area contributed by atoms with Crippen LogP contribution in [-0.2, 0) is 17.7 Å². The lowest BCUT2D eigenvalue weighted by atomic mass is 10.1. The van der Waals surface area contributed by atoms with Crippen LogP contribution in [-0.4, -0.2) is 39.2 Å². The number of amides is 1. The molecule has 0 atom stereocenters. The van der Waals surface area contributed by atoms with Gasteiger partial charge in [0, 0.05) is 12.7 Å². The molecule has 0 fully saturated rings. The minimum Gasteiger partial charge on any atom is -0.478 e. The van der Waals surface area contributed by atoms with Gasteiger partial charge in [-0.15, -0.1) is 0 Å². The normalized spacial score (nSPS) is 11.0. The summed E-state index contributed by atoms with van der Waals surface area (Å²) in [5, 5.41) is 8.96. The van der Waals surface area contributed by atoms with Gasteiger partial charge in [0.15, 0.2) is 0 Å². The number of ether oxygens (including phenoxy) is 1. The van der Waals surface area contributed by atoms with Gasteiger partial charge >= 0.3 is 12.1 Å². The molecule has 0 radical (unpaired) electrons. The molecule has 138 valence electrons. The van der Waals surface area contributed by atoms with Crippen molar-refractivity contribution in [2.24, 2.45) is 0 Å². The molecule has 0 aliphatic heterocycles. The monoisotopic (exact) mass is 356 g/mol. The Labute approximate surface area is 153 Å². The summed E-state index contributed by atoms with van der Waals surface area (Å²) in [6.45, 7) is 6.28. The Morgan fingerprint density at radius 3 is 2.35 bits per heavy atom. The second kappa shape index (κ2) is 8.47. The van der Waals surface area contributed by atoms with Crippen molar-refractivity contribution in [1.29, 1.82) is 0 Å². The van der Waals surface area contributed by atoms with Crippen LogP contribution in [0.2, 0.25) is 0 Å². The molecule has 0 saturated carbocycles. The van der Waals surface area contributed by atoms with Crippen molar-refractivity contribution < 1.29 is 19.4 Å². The van der Waals surface area contributed by atoms with E-state index in [1.165, 1.54) is 0 Å². The lowest BCUT2D eigenvalue weighted by Crippen LogP contribution is -2.37. The smallest absolute Gasteiger partial charge is 0.410 e. The van der Waals surface area contributed by atoms with Crippen LogP contribution in [0.1, 0.15) is 42.4 Å². The first-order valence-corrected chi connectivity index (χ1v) is 8.45. The van der Waals surface area contributed by atoms with Crippen LogP contribution in [0, 0.1) is 0 Å². The summed E-state index contributed by atoms with van der Waals surface area (Å²) in [7, 11) is 0. The van der Waals surface area contributed by atoms with Crippen molar-refractivity contribution in [1.82, 2.24) is 9.88 Å². The quantitative estimate of drug-likeness (QED) is 0.852. The number of benzene rings is 1. The van der Waals surface area contributed by atoms with Gasteiger partial charge in [-0.1, -0.05) is 18.2 Å². The van der Waals surface area contributed by atoms with E-state index < -0.39 is 17.7 Å². The Kier molecular flexibility index (Phi) is 6.33. The highest BCUT2D eigenvalue weighted by molar-refractivity contribution is 5.87. The summed E-state index contributed by atoms with van der Waals surface area (Å²) >= 11 is 0. The molecule has 1 N–H and O–H groups in total. The fourth-order valence-electron chi connectivity index (χ4n) is 2.33. The molecule has 6 heteroatoms. The molecule has 6 nitrogen and oxygen atoms in total. The van der Waals surface area contributed by atoms with Crippen LogP contribution >= 0.6 is 0 Å². The van der Waals surface area contributed by atoms with Crippen molar-refractivity contribution in [2.75, 3.05) is 6.54 Å². The zero-order valence-electron chi connectivity index (χ0n) is 15.3. The van der Waals surface area contributed by atoms with Crippen LogP contribution in [0.3, 0.4) is 0 Å². The molecule has 0 aliphatic carbocycles. The minimum absolute atomic E-state index is 0.242. The Hall–Kier alpha value is -2.89. The number of pyridine rings is 1. The van der Waals surface area contributed by atoms with Gasteiger partial charge in [-0.3, -0.25) is 4.98 Å². The van der Waals surface area contributed by atoms with Gasteiger partial charge in [-0.2, -0.15) is 0 Å². The molecule has 2 rings (SSSR count). The number of carboxylic acids is 1. The number of aromatic carboxylic acids is 1. The lowest BCUT2D eigenvalue weighted by molar-refractivity contribution is 0.0233. The van der Waals surface area contributed by atoms with Crippen LogP contribution in [0.5, 0.6) is 0 Å². The molecule has 0 aliphatic rings. The highest BCUT2D eigenvalue weighted by Gasteiger charge is 2.22.